The van der Waals surface area contributed by atoms with E-state index in [0.717, 1.165) is 41.5 Å². The van der Waals surface area contributed by atoms with Crippen LogP contribution in [0.5, 0.6) is 0 Å². The number of sulfonamides is 1. The van der Waals surface area contributed by atoms with E-state index >= 15 is 0 Å². The molecular formula is C24H24Cl2N4O2S. The van der Waals surface area contributed by atoms with Crippen molar-refractivity contribution in [3.8, 4) is 11.1 Å². The minimum Gasteiger partial charge on any atom is -0.346 e. The summed E-state index contributed by atoms with van der Waals surface area (Å²) < 4.78 is 27.2. The number of aromatic amines is 1. The molecule has 4 aromatic rings. The van der Waals surface area contributed by atoms with Gasteiger partial charge in [-0.3, -0.25) is 0 Å². The lowest BCUT2D eigenvalue weighted by atomic mass is 10.0. The monoisotopic (exact) mass is 502 g/mol. The SMILES string of the molecule is O=S(=O)(NCCNCCCc1ccc(-c2cnc3[nH]ccc3c2)cc1)c1ccc(Cl)c(Cl)c1. The maximum atomic E-state index is 12.3. The average Bonchev–Trinajstić information content (AvgIpc) is 3.28. The molecule has 4 rings (SSSR count). The molecular weight excluding hydrogens is 479 g/mol. The third kappa shape index (κ3) is 6.13. The van der Waals surface area contributed by atoms with E-state index in [4.69, 9.17) is 23.2 Å². The van der Waals surface area contributed by atoms with Gasteiger partial charge in [-0.05, 0) is 60.8 Å². The van der Waals surface area contributed by atoms with E-state index in [1.165, 1.54) is 23.8 Å². The lowest BCUT2D eigenvalue weighted by molar-refractivity contribution is 0.574. The molecule has 33 heavy (non-hydrogen) atoms. The lowest BCUT2D eigenvalue weighted by Crippen LogP contribution is -2.32. The first-order valence-corrected chi connectivity index (χ1v) is 12.8. The van der Waals surface area contributed by atoms with E-state index in [0.29, 0.717) is 11.6 Å². The fraction of sp³-hybridized carbons (Fsp3) is 0.208. The predicted molar refractivity (Wildman–Crippen MR) is 134 cm³/mol. The molecule has 0 unspecified atom stereocenters. The van der Waals surface area contributed by atoms with Gasteiger partial charge in [0.05, 0.1) is 14.9 Å². The number of benzene rings is 2. The standard InChI is InChI=1S/C24H24Cl2N4O2S/c25-22-8-7-21(15-23(22)26)33(31,32)30-13-12-27-10-1-2-17-3-5-18(6-4-17)20-14-19-9-11-28-24(19)29-16-20/h3-9,11,14-16,27,30H,1-2,10,12-13H2,(H,28,29). The van der Waals surface area contributed by atoms with Gasteiger partial charge in [0.15, 0.2) is 0 Å². The van der Waals surface area contributed by atoms with Crippen molar-refractivity contribution in [2.45, 2.75) is 17.7 Å². The highest BCUT2D eigenvalue weighted by Gasteiger charge is 2.14. The van der Waals surface area contributed by atoms with Crippen molar-refractivity contribution in [3.63, 3.8) is 0 Å². The molecule has 6 nitrogen and oxygen atoms in total. The lowest BCUT2D eigenvalue weighted by Gasteiger charge is -2.09. The molecule has 0 bridgehead atoms. The normalized spacial score (nSPS) is 11.8. The zero-order valence-electron chi connectivity index (χ0n) is 17.8. The van der Waals surface area contributed by atoms with Gasteiger partial charge in [0, 0.05) is 36.4 Å². The van der Waals surface area contributed by atoms with Gasteiger partial charge < -0.3 is 10.3 Å². The Labute approximate surface area is 203 Å². The first kappa shape index (κ1) is 23.7. The molecule has 172 valence electrons. The van der Waals surface area contributed by atoms with Gasteiger partial charge in [0.25, 0.3) is 0 Å². The van der Waals surface area contributed by atoms with E-state index in [-0.39, 0.29) is 16.5 Å². The Bertz CT molecular complexity index is 1340. The molecule has 2 aromatic carbocycles. The number of aromatic nitrogens is 2. The van der Waals surface area contributed by atoms with Crippen molar-refractivity contribution >= 4 is 44.3 Å². The van der Waals surface area contributed by atoms with Gasteiger partial charge in [-0.2, -0.15) is 0 Å². The summed E-state index contributed by atoms with van der Waals surface area (Å²) in [6, 6.07) is 16.9. The summed E-state index contributed by atoms with van der Waals surface area (Å²) in [4.78, 5) is 7.66. The molecule has 0 aliphatic rings. The summed E-state index contributed by atoms with van der Waals surface area (Å²) in [6.07, 6.45) is 5.67. The van der Waals surface area contributed by atoms with Crippen LogP contribution < -0.4 is 10.0 Å². The molecule has 9 heteroatoms. The number of nitrogens with zero attached hydrogens (tertiary/aromatic N) is 1. The smallest absolute Gasteiger partial charge is 0.240 e. The van der Waals surface area contributed by atoms with Crippen molar-refractivity contribution in [1.82, 2.24) is 20.0 Å². The Kier molecular flexibility index (Phi) is 7.67. The number of rotatable bonds is 10. The first-order chi connectivity index (χ1) is 15.9. The Morgan fingerprint density at radius 2 is 1.70 bits per heavy atom. The van der Waals surface area contributed by atoms with E-state index < -0.39 is 10.0 Å². The van der Waals surface area contributed by atoms with Crippen LogP contribution in [0.1, 0.15) is 12.0 Å². The van der Waals surface area contributed by atoms with E-state index in [2.05, 4.69) is 50.3 Å². The molecule has 0 amide bonds. The molecule has 3 N–H and O–H groups in total. The number of hydrogen-bond donors (Lipinski definition) is 3. The highest BCUT2D eigenvalue weighted by Crippen LogP contribution is 2.25. The zero-order valence-corrected chi connectivity index (χ0v) is 20.1. The number of hydrogen-bond acceptors (Lipinski definition) is 4. The number of aryl methyl sites for hydroxylation is 1. The van der Waals surface area contributed by atoms with E-state index in [1.54, 1.807) is 0 Å². The van der Waals surface area contributed by atoms with E-state index in [1.807, 2.05) is 18.5 Å². The summed E-state index contributed by atoms with van der Waals surface area (Å²) in [7, 11) is -3.61. The number of fused-ring (bicyclic) bond motifs is 1. The Morgan fingerprint density at radius 1 is 0.879 bits per heavy atom. The summed E-state index contributed by atoms with van der Waals surface area (Å²) in [5.41, 5.74) is 4.39. The number of pyridine rings is 1. The molecule has 0 atom stereocenters. The van der Waals surface area contributed by atoms with Crippen LogP contribution in [-0.2, 0) is 16.4 Å². The zero-order chi connectivity index (χ0) is 23.3. The van der Waals surface area contributed by atoms with E-state index in [9.17, 15) is 8.42 Å². The van der Waals surface area contributed by atoms with Crippen molar-refractivity contribution < 1.29 is 8.42 Å². The van der Waals surface area contributed by atoms with Crippen LogP contribution in [0, 0.1) is 0 Å². The van der Waals surface area contributed by atoms with Gasteiger partial charge in [0.2, 0.25) is 10.0 Å². The van der Waals surface area contributed by atoms with Gasteiger partial charge in [-0.1, -0.05) is 47.5 Å². The quantitative estimate of drug-likeness (QED) is 0.265. The highest BCUT2D eigenvalue weighted by atomic mass is 35.5. The summed E-state index contributed by atoms with van der Waals surface area (Å²) in [6.45, 7) is 1.62. The molecule has 2 heterocycles. The topological polar surface area (TPSA) is 86.9 Å². The molecule has 0 spiro atoms. The van der Waals surface area contributed by atoms with Crippen LogP contribution in [0.15, 0.2) is 71.9 Å². The largest absolute Gasteiger partial charge is 0.346 e. The molecule has 0 saturated heterocycles. The first-order valence-electron chi connectivity index (χ1n) is 10.6. The van der Waals surface area contributed by atoms with Crippen molar-refractivity contribution in [1.29, 1.82) is 0 Å². The second-order valence-corrected chi connectivity index (χ2v) is 10.2. The molecule has 0 fully saturated rings. The second kappa shape index (κ2) is 10.7. The predicted octanol–water partition coefficient (Wildman–Crippen LogP) is 5.04. The van der Waals surface area contributed by atoms with Crippen LogP contribution in [0.2, 0.25) is 10.0 Å². The van der Waals surface area contributed by atoms with Crippen molar-refractivity contribution in [2.75, 3.05) is 19.6 Å². The maximum Gasteiger partial charge on any atom is 0.240 e. The second-order valence-electron chi connectivity index (χ2n) is 7.66. The minimum atomic E-state index is -3.61. The minimum absolute atomic E-state index is 0.101. The van der Waals surface area contributed by atoms with Crippen LogP contribution >= 0.6 is 23.2 Å². The van der Waals surface area contributed by atoms with Crippen molar-refractivity contribution in [3.05, 3.63) is 82.6 Å². The third-order valence-corrected chi connectivity index (χ3v) is 7.50. The van der Waals surface area contributed by atoms with Gasteiger partial charge in [-0.25, -0.2) is 18.1 Å². The number of nitrogens with one attached hydrogen (secondary N) is 3. The van der Waals surface area contributed by atoms with Crippen LogP contribution in [0.4, 0.5) is 0 Å². The summed E-state index contributed by atoms with van der Waals surface area (Å²) in [5.74, 6) is 0. The van der Waals surface area contributed by atoms with Crippen LogP contribution in [0.3, 0.4) is 0 Å². The molecule has 0 saturated carbocycles. The van der Waals surface area contributed by atoms with Crippen LogP contribution in [0.25, 0.3) is 22.2 Å². The van der Waals surface area contributed by atoms with Gasteiger partial charge in [-0.15, -0.1) is 0 Å². The number of H-pyrrole nitrogens is 1. The highest BCUT2D eigenvalue weighted by molar-refractivity contribution is 7.89. The Hall–Kier alpha value is -2.42. The average molecular weight is 503 g/mol. The summed E-state index contributed by atoms with van der Waals surface area (Å²) in [5, 5.41) is 4.90. The Morgan fingerprint density at radius 3 is 2.48 bits per heavy atom. The van der Waals surface area contributed by atoms with Crippen molar-refractivity contribution in [2.24, 2.45) is 0 Å². The fourth-order valence-corrected chi connectivity index (χ4v) is 4.93. The molecule has 2 aromatic heterocycles. The Balaban J connectivity index is 1.17. The molecule has 0 radical (unpaired) electrons. The van der Waals surface area contributed by atoms with Gasteiger partial charge >= 0.3 is 0 Å². The maximum absolute atomic E-state index is 12.3. The van der Waals surface area contributed by atoms with Gasteiger partial charge in [0.1, 0.15) is 5.65 Å². The molecule has 0 aliphatic carbocycles. The fourth-order valence-electron chi connectivity index (χ4n) is 3.51. The molecule has 0 aliphatic heterocycles. The summed E-state index contributed by atoms with van der Waals surface area (Å²) >= 11 is 11.7. The number of halogens is 2. The third-order valence-electron chi connectivity index (χ3n) is 5.30. The van der Waals surface area contributed by atoms with Crippen LogP contribution in [-0.4, -0.2) is 38.0 Å².